The van der Waals surface area contributed by atoms with Crippen molar-refractivity contribution in [2.75, 3.05) is 51.7 Å². The molecule has 1 saturated carbocycles. The van der Waals surface area contributed by atoms with Crippen molar-refractivity contribution in [2.45, 2.75) is 38.0 Å². The van der Waals surface area contributed by atoms with Gasteiger partial charge in [0.05, 0.1) is 5.41 Å². The topological polar surface area (TPSA) is 127 Å². The van der Waals surface area contributed by atoms with Gasteiger partial charge in [-0.3, -0.25) is 4.79 Å². The fourth-order valence-corrected chi connectivity index (χ4v) is 4.74. The van der Waals surface area contributed by atoms with Gasteiger partial charge >= 0.3 is 24.3 Å². The predicted molar refractivity (Wildman–Crippen MR) is 125 cm³/mol. The molecule has 0 bridgehead atoms. The Morgan fingerprint density at radius 2 is 1.51 bits per heavy atom. The summed E-state index contributed by atoms with van der Waals surface area (Å²) in [5, 5.41) is 14.2. The van der Waals surface area contributed by atoms with Gasteiger partial charge in [0.25, 0.3) is 0 Å². The molecule has 4 rings (SSSR count). The number of carbonyl (C=O) groups is 3. The van der Waals surface area contributed by atoms with Crippen LogP contribution in [-0.4, -0.2) is 107 Å². The quantitative estimate of drug-likeness (QED) is 0.525. The number of carbonyl (C=O) groups excluding carboxylic acids is 1. The number of hydrogen-bond acceptors (Lipinski definition) is 7. The minimum Gasteiger partial charge on any atom is -0.475 e. The van der Waals surface area contributed by atoms with Gasteiger partial charge in [-0.15, -0.1) is 0 Å². The van der Waals surface area contributed by atoms with Crippen LogP contribution < -0.4 is 4.90 Å². The third kappa shape index (κ3) is 9.21. The van der Waals surface area contributed by atoms with E-state index >= 15 is 0 Å². The molecule has 1 aromatic rings. The predicted octanol–water partition coefficient (Wildman–Crippen LogP) is 2.76. The van der Waals surface area contributed by atoms with E-state index in [0.29, 0.717) is 5.92 Å². The number of aromatic nitrogens is 2. The average molecular weight is 572 g/mol. The number of halogens is 6. The fourth-order valence-electron chi connectivity index (χ4n) is 4.74. The van der Waals surface area contributed by atoms with Gasteiger partial charge in [-0.25, -0.2) is 19.6 Å². The van der Waals surface area contributed by atoms with Crippen molar-refractivity contribution in [3.63, 3.8) is 0 Å². The number of anilines is 1. The lowest BCUT2D eigenvalue weighted by Gasteiger charge is -2.34. The molecule has 0 radical (unpaired) electrons. The van der Waals surface area contributed by atoms with Crippen LogP contribution in [0.1, 0.15) is 25.7 Å². The number of alkyl halides is 6. The van der Waals surface area contributed by atoms with E-state index in [0.717, 1.165) is 50.9 Å². The molecule has 1 aliphatic carbocycles. The van der Waals surface area contributed by atoms with Gasteiger partial charge in [-0.1, -0.05) is 0 Å². The maximum absolute atomic E-state index is 13.2. The Bertz CT molecular complexity index is 966. The Morgan fingerprint density at radius 3 is 1.95 bits per heavy atom. The van der Waals surface area contributed by atoms with Crippen LogP contribution in [0, 0.1) is 17.3 Å². The minimum atomic E-state index is -5.08. The van der Waals surface area contributed by atoms with Crippen molar-refractivity contribution < 1.29 is 50.9 Å². The van der Waals surface area contributed by atoms with Crippen molar-refractivity contribution in [1.29, 1.82) is 0 Å². The minimum absolute atomic E-state index is 0.282. The number of aliphatic carboxylic acids is 2. The number of hydrogen-bond donors (Lipinski definition) is 2. The van der Waals surface area contributed by atoms with E-state index in [9.17, 15) is 31.1 Å². The van der Waals surface area contributed by atoms with Gasteiger partial charge in [0.2, 0.25) is 11.9 Å². The normalized spacial score (nSPS) is 23.3. The second-order valence-corrected chi connectivity index (χ2v) is 9.89. The van der Waals surface area contributed by atoms with Crippen LogP contribution in [0.4, 0.5) is 32.3 Å². The van der Waals surface area contributed by atoms with E-state index < -0.39 is 24.3 Å². The second-order valence-electron chi connectivity index (χ2n) is 9.89. The van der Waals surface area contributed by atoms with Crippen LogP contribution in [0.3, 0.4) is 0 Å². The fraction of sp³-hybridized carbons (Fsp3) is 0.696. The van der Waals surface area contributed by atoms with E-state index in [4.69, 9.17) is 19.8 Å². The van der Waals surface area contributed by atoms with Gasteiger partial charge in [0, 0.05) is 58.6 Å². The van der Waals surface area contributed by atoms with Crippen LogP contribution in [0.2, 0.25) is 0 Å². The van der Waals surface area contributed by atoms with Gasteiger partial charge in [-0.05, 0) is 44.2 Å². The zero-order valence-corrected chi connectivity index (χ0v) is 21.4. The molecule has 3 aliphatic rings. The number of likely N-dealkylation sites (tertiary alicyclic amines) is 1. The maximum atomic E-state index is 13.2. The highest BCUT2D eigenvalue weighted by atomic mass is 19.4. The molecule has 3 heterocycles. The SMILES string of the molecule is CN(C)C(=O)[C@]12CCCN(CC3CC3)C[C@H]1CN(c1ncccn1)C2.O=C(O)C(F)(F)F.O=C(O)C(F)(F)F. The summed E-state index contributed by atoms with van der Waals surface area (Å²) in [6.07, 6.45) is -1.75. The molecular formula is C23H31F6N5O5. The van der Waals surface area contributed by atoms with Crippen molar-refractivity contribution in [2.24, 2.45) is 17.3 Å². The first-order valence-electron chi connectivity index (χ1n) is 12.0. The summed E-state index contributed by atoms with van der Waals surface area (Å²) in [4.78, 5) is 46.5. The first-order valence-corrected chi connectivity index (χ1v) is 12.0. The molecule has 16 heteroatoms. The summed E-state index contributed by atoms with van der Waals surface area (Å²) in [6, 6.07) is 1.84. The number of nitrogens with zero attached hydrogens (tertiary/aromatic N) is 5. The van der Waals surface area contributed by atoms with Gasteiger partial charge in [0.1, 0.15) is 0 Å². The Balaban J connectivity index is 0.000000317. The summed E-state index contributed by atoms with van der Waals surface area (Å²) in [5.41, 5.74) is -0.291. The molecule has 0 unspecified atom stereocenters. The van der Waals surface area contributed by atoms with Crippen molar-refractivity contribution in [3.05, 3.63) is 18.5 Å². The van der Waals surface area contributed by atoms with Crippen LogP contribution in [0.15, 0.2) is 18.5 Å². The summed E-state index contributed by atoms with van der Waals surface area (Å²) in [5.74, 6) is -3.22. The molecule has 1 aromatic heterocycles. The largest absolute Gasteiger partial charge is 0.490 e. The van der Waals surface area contributed by atoms with Crippen LogP contribution in [-0.2, 0) is 14.4 Å². The first kappa shape index (κ1) is 32.0. The van der Waals surface area contributed by atoms with Crippen LogP contribution >= 0.6 is 0 Å². The van der Waals surface area contributed by atoms with E-state index in [1.807, 2.05) is 20.2 Å². The molecule has 0 spiro atoms. The summed E-state index contributed by atoms with van der Waals surface area (Å²) < 4.78 is 63.5. The average Bonchev–Trinajstić information content (AvgIpc) is 3.61. The van der Waals surface area contributed by atoms with Crippen molar-refractivity contribution in [1.82, 2.24) is 19.8 Å². The highest BCUT2D eigenvalue weighted by Crippen LogP contribution is 2.45. The lowest BCUT2D eigenvalue weighted by atomic mass is 9.74. The van der Waals surface area contributed by atoms with Gasteiger partial charge in [0.15, 0.2) is 0 Å². The molecule has 2 saturated heterocycles. The van der Waals surface area contributed by atoms with Crippen molar-refractivity contribution >= 4 is 23.8 Å². The summed E-state index contributed by atoms with van der Waals surface area (Å²) in [6.45, 7) is 5.00. The molecular weight excluding hydrogens is 540 g/mol. The highest BCUT2D eigenvalue weighted by Gasteiger charge is 2.54. The van der Waals surface area contributed by atoms with Crippen LogP contribution in [0.5, 0.6) is 0 Å². The Hall–Kier alpha value is -3.17. The number of carboxylic acids is 2. The van der Waals surface area contributed by atoms with Crippen LogP contribution in [0.25, 0.3) is 0 Å². The number of amides is 1. The number of carboxylic acid groups (broad SMARTS) is 2. The second kappa shape index (κ2) is 12.8. The molecule has 1 amide bonds. The molecule has 39 heavy (non-hydrogen) atoms. The zero-order valence-electron chi connectivity index (χ0n) is 21.4. The molecule has 0 aromatic carbocycles. The lowest BCUT2D eigenvalue weighted by molar-refractivity contribution is -0.193. The number of rotatable bonds is 4. The molecule has 2 atom stereocenters. The monoisotopic (exact) mass is 571 g/mol. The van der Waals surface area contributed by atoms with E-state index in [1.54, 1.807) is 17.3 Å². The highest BCUT2D eigenvalue weighted by molar-refractivity contribution is 5.84. The van der Waals surface area contributed by atoms with E-state index in [2.05, 4.69) is 19.8 Å². The Kier molecular flexibility index (Phi) is 10.5. The summed E-state index contributed by atoms with van der Waals surface area (Å²) >= 11 is 0. The van der Waals surface area contributed by atoms with E-state index in [-0.39, 0.29) is 11.3 Å². The third-order valence-corrected chi connectivity index (χ3v) is 6.64. The molecule has 220 valence electrons. The number of fused-ring (bicyclic) bond motifs is 1. The standard InChI is InChI=1S/C19H29N5O.2C2HF3O2/c1-22(2)17(25)19-7-3-10-23(11-15-5-6-15)12-16(19)13-24(14-19)18-20-8-4-9-21-18;2*3-2(4,5)1(6)7/h4,8-9,15-16H,3,5-7,10-14H2,1-2H3;2*(H,6,7)/t16-,19-;;/m0../s1. The Labute approximate surface area is 220 Å². The van der Waals surface area contributed by atoms with Gasteiger partial charge in [-0.2, -0.15) is 26.3 Å². The molecule has 2 aliphatic heterocycles. The molecule has 2 N–H and O–H groups in total. The molecule has 10 nitrogen and oxygen atoms in total. The van der Waals surface area contributed by atoms with E-state index in [1.165, 1.54) is 19.4 Å². The summed E-state index contributed by atoms with van der Waals surface area (Å²) in [7, 11) is 3.78. The lowest BCUT2D eigenvalue weighted by Crippen LogP contribution is -2.47. The third-order valence-electron chi connectivity index (χ3n) is 6.64. The first-order chi connectivity index (χ1) is 18.0. The van der Waals surface area contributed by atoms with Gasteiger partial charge < -0.3 is 24.9 Å². The Morgan fingerprint density at radius 1 is 1.00 bits per heavy atom. The molecule has 3 fully saturated rings. The zero-order chi connectivity index (χ0) is 29.6. The maximum Gasteiger partial charge on any atom is 0.490 e. The van der Waals surface area contributed by atoms with Crippen molar-refractivity contribution in [3.8, 4) is 0 Å². The smallest absolute Gasteiger partial charge is 0.475 e.